The molecule has 3 aromatic carbocycles. The van der Waals surface area contributed by atoms with Gasteiger partial charge in [-0.2, -0.15) is 4.31 Å². The highest BCUT2D eigenvalue weighted by Gasteiger charge is 2.30. The average molecular weight is 493 g/mol. The zero-order chi connectivity index (χ0) is 24.6. The number of fused-ring (bicyclic) bond motifs is 1. The number of nitro benzene ring substituents is 1. The lowest BCUT2D eigenvalue weighted by molar-refractivity contribution is -0.385. The number of hydrogen-bond acceptors (Lipinski definition) is 7. The number of nitrogens with zero attached hydrogens (tertiary/aromatic N) is 2. The van der Waals surface area contributed by atoms with Crippen molar-refractivity contribution in [1.29, 1.82) is 0 Å². The summed E-state index contributed by atoms with van der Waals surface area (Å²) in [6.45, 7) is 0.781. The SMILES string of the molecule is O=c1cc(-c2ccccc2)c2ccc(Oc3ccc(S(=O)(=O)N4CCCC4)cc3[N+](=O)[O-])cc2o1. The zero-order valence-corrected chi connectivity index (χ0v) is 19.2. The van der Waals surface area contributed by atoms with E-state index in [9.17, 15) is 23.3 Å². The van der Waals surface area contributed by atoms with Crippen molar-refractivity contribution in [3.63, 3.8) is 0 Å². The van der Waals surface area contributed by atoms with Gasteiger partial charge in [0, 0.05) is 36.7 Å². The molecule has 0 saturated carbocycles. The van der Waals surface area contributed by atoms with Gasteiger partial charge in [0.15, 0.2) is 0 Å². The molecule has 10 heteroatoms. The third-order valence-electron chi connectivity index (χ3n) is 5.86. The van der Waals surface area contributed by atoms with E-state index < -0.39 is 26.3 Å². The molecular formula is C25H20N2O7S. The molecule has 2 heterocycles. The Morgan fingerprint density at radius 1 is 0.943 bits per heavy atom. The lowest BCUT2D eigenvalue weighted by Crippen LogP contribution is -2.27. The molecule has 0 atom stereocenters. The van der Waals surface area contributed by atoms with Crippen LogP contribution in [0.15, 0.2) is 86.9 Å². The summed E-state index contributed by atoms with van der Waals surface area (Å²) in [6, 6.07) is 19.1. The number of rotatable bonds is 6. The topological polar surface area (TPSA) is 120 Å². The fourth-order valence-electron chi connectivity index (χ4n) is 4.15. The van der Waals surface area contributed by atoms with Crippen LogP contribution in [-0.2, 0) is 10.0 Å². The molecule has 4 aromatic rings. The van der Waals surface area contributed by atoms with Gasteiger partial charge in [0.2, 0.25) is 15.8 Å². The average Bonchev–Trinajstić information content (AvgIpc) is 3.40. The number of hydrogen-bond donors (Lipinski definition) is 0. The van der Waals surface area contributed by atoms with Crippen LogP contribution in [0.3, 0.4) is 0 Å². The molecule has 9 nitrogen and oxygen atoms in total. The van der Waals surface area contributed by atoms with Crippen molar-refractivity contribution in [2.45, 2.75) is 17.7 Å². The van der Waals surface area contributed by atoms with Crippen LogP contribution < -0.4 is 10.4 Å². The Hall–Kier alpha value is -4.02. The second-order valence-electron chi connectivity index (χ2n) is 8.10. The van der Waals surface area contributed by atoms with Gasteiger partial charge >= 0.3 is 11.3 Å². The summed E-state index contributed by atoms with van der Waals surface area (Å²) in [5.74, 6) is 0.0698. The Labute approximate surface area is 200 Å². The standard InChI is InChI=1S/C25H20N2O7S/c28-25-16-21(17-6-2-1-3-7-17)20-10-8-18(14-24(20)34-25)33-23-11-9-19(15-22(23)27(29)30)35(31,32)26-12-4-5-13-26/h1-3,6-11,14-16H,4-5,12-13H2. The molecule has 0 aliphatic carbocycles. The molecule has 0 spiro atoms. The first kappa shape index (κ1) is 22.8. The highest BCUT2D eigenvalue weighted by molar-refractivity contribution is 7.89. The monoisotopic (exact) mass is 492 g/mol. The van der Waals surface area contributed by atoms with Gasteiger partial charge < -0.3 is 9.15 Å². The van der Waals surface area contributed by atoms with E-state index in [4.69, 9.17) is 9.15 Å². The molecule has 0 bridgehead atoms. The van der Waals surface area contributed by atoms with Crippen molar-refractivity contribution in [3.05, 3.63) is 93.3 Å². The summed E-state index contributed by atoms with van der Waals surface area (Å²) < 4.78 is 38.1. The Morgan fingerprint density at radius 3 is 2.40 bits per heavy atom. The maximum Gasteiger partial charge on any atom is 0.336 e. The molecule has 0 radical (unpaired) electrons. The first-order valence-corrected chi connectivity index (χ1v) is 12.4. The van der Waals surface area contributed by atoms with Crippen LogP contribution in [0.5, 0.6) is 11.5 Å². The van der Waals surface area contributed by atoms with Crippen molar-refractivity contribution in [1.82, 2.24) is 4.31 Å². The van der Waals surface area contributed by atoms with Crippen molar-refractivity contribution in [2.24, 2.45) is 0 Å². The first-order chi connectivity index (χ1) is 16.8. The van der Waals surface area contributed by atoms with Gasteiger partial charge in [-0.3, -0.25) is 10.1 Å². The molecule has 0 amide bonds. The molecule has 178 valence electrons. The molecule has 5 rings (SSSR count). The van der Waals surface area contributed by atoms with E-state index >= 15 is 0 Å². The third-order valence-corrected chi connectivity index (χ3v) is 7.75. The van der Waals surface area contributed by atoms with Crippen molar-refractivity contribution < 1.29 is 22.5 Å². The van der Waals surface area contributed by atoms with Crippen LogP contribution >= 0.6 is 0 Å². The number of nitro groups is 1. The molecule has 0 N–H and O–H groups in total. The zero-order valence-electron chi connectivity index (χ0n) is 18.4. The van der Waals surface area contributed by atoms with E-state index in [0.717, 1.165) is 24.5 Å². The smallest absolute Gasteiger partial charge is 0.336 e. The molecule has 1 aliphatic heterocycles. The van der Waals surface area contributed by atoms with Crippen LogP contribution in [0, 0.1) is 10.1 Å². The summed E-state index contributed by atoms with van der Waals surface area (Å²) in [6.07, 6.45) is 1.51. The second kappa shape index (κ2) is 8.97. The summed E-state index contributed by atoms with van der Waals surface area (Å²) in [4.78, 5) is 23.1. The second-order valence-corrected chi connectivity index (χ2v) is 10.0. The third kappa shape index (κ3) is 4.41. The molecule has 1 saturated heterocycles. The maximum absolute atomic E-state index is 12.8. The molecular weight excluding hydrogens is 472 g/mol. The summed E-state index contributed by atoms with van der Waals surface area (Å²) in [5, 5.41) is 12.4. The summed E-state index contributed by atoms with van der Waals surface area (Å²) in [5.41, 5.74) is 0.751. The van der Waals surface area contributed by atoms with E-state index in [1.807, 2.05) is 30.3 Å². The van der Waals surface area contributed by atoms with Crippen LogP contribution in [0.2, 0.25) is 0 Å². The van der Waals surface area contributed by atoms with Crippen LogP contribution in [0.25, 0.3) is 22.1 Å². The van der Waals surface area contributed by atoms with Gasteiger partial charge in [0.05, 0.1) is 9.82 Å². The van der Waals surface area contributed by atoms with Gasteiger partial charge in [-0.1, -0.05) is 30.3 Å². The first-order valence-electron chi connectivity index (χ1n) is 10.9. The fraction of sp³-hybridized carbons (Fsp3) is 0.160. The number of ether oxygens (including phenoxy) is 1. The number of sulfonamides is 1. The Kier molecular flexibility index (Phi) is 5.83. The van der Waals surface area contributed by atoms with E-state index in [0.29, 0.717) is 24.0 Å². The van der Waals surface area contributed by atoms with Crippen LogP contribution in [0.1, 0.15) is 12.8 Å². The predicted molar refractivity (Wildman–Crippen MR) is 129 cm³/mol. The highest BCUT2D eigenvalue weighted by atomic mass is 32.2. The van der Waals surface area contributed by atoms with Gasteiger partial charge in [0.25, 0.3) is 0 Å². The van der Waals surface area contributed by atoms with Gasteiger partial charge in [-0.25, -0.2) is 13.2 Å². The summed E-state index contributed by atoms with van der Waals surface area (Å²) in [7, 11) is -3.83. The van der Waals surface area contributed by atoms with Crippen molar-refractivity contribution >= 4 is 26.7 Å². The molecule has 1 aromatic heterocycles. The van der Waals surface area contributed by atoms with Gasteiger partial charge in [-0.05, 0) is 48.2 Å². The summed E-state index contributed by atoms with van der Waals surface area (Å²) >= 11 is 0. The van der Waals surface area contributed by atoms with E-state index in [1.165, 1.54) is 28.6 Å². The molecule has 35 heavy (non-hydrogen) atoms. The van der Waals surface area contributed by atoms with E-state index in [-0.39, 0.29) is 22.0 Å². The minimum Gasteiger partial charge on any atom is -0.450 e. The molecule has 1 fully saturated rings. The van der Waals surface area contributed by atoms with Gasteiger partial charge in [-0.15, -0.1) is 0 Å². The van der Waals surface area contributed by atoms with E-state index in [1.54, 1.807) is 12.1 Å². The van der Waals surface area contributed by atoms with Crippen molar-refractivity contribution in [2.75, 3.05) is 13.1 Å². The Balaban J connectivity index is 1.52. The minimum atomic E-state index is -3.83. The van der Waals surface area contributed by atoms with Crippen LogP contribution in [0.4, 0.5) is 5.69 Å². The van der Waals surface area contributed by atoms with E-state index in [2.05, 4.69) is 0 Å². The molecule has 0 unspecified atom stereocenters. The maximum atomic E-state index is 12.8. The normalized spacial score (nSPS) is 14.3. The van der Waals surface area contributed by atoms with Crippen LogP contribution in [-0.4, -0.2) is 30.7 Å². The minimum absolute atomic E-state index is 0.128. The lowest BCUT2D eigenvalue weighted by Gasteiger charge is -2.16. The largest absolute Gasteiger partial charge is 0.450 e. The highest BCUT2D eigenvalue weighted by Crippen LogP contribution is 2.36. The quantitative estimate of drug-likeness (QED) is 0.212. The predicted octanol–water partition coefficient (Wildman–Crippen LogP) is 4.95. The van der Waals surface area contributed by atoms with Crippen molar-refractivity contribution in [3.8, 4) is 22.6 Å². The number of benzene rings is 3. The fourth-order valence-corrected chi connectivity index (χ4v) is 5.69. The van der Waals surface area contributed by atoms with Gasteiger partial charge in [0.1, 0.15) is 11.3 Å². The Morgan fingerprint density at radius 2 is 1.69 bits per heavy atom. The Bertz CT molecular complexity index is 1590. The molecule has 1 aliphatic rings. The lowest BCUT2D eigenvalue weighted by atomic mass is 10.0.